The van der Waals surface area contributed by atoms with Crippen LogP contribution in [0.2, 0.25) is 0 Å². The smallest absolute Gasteiger partial charge is 0.122 e. The quantitative estimate of drug-likeness (QED) is 0.844. The van der Waals surface area contributed by atoms with Crippen LogP contribution in [0.4, 0.5) is 0 Å². The Hall–Kier alpha value is -1.17. The van der Waals surface area contributed by atoms with Crippen LogP contribution in [0.15, 0.2) is 27.6 Å². The van der Waals surface area contributed by atoms with Crippen molar-refractivity contribution in [2.45, 2.75) is 38.5 Å². The Morgan fingerprint density at radius 2 is 2.37 bits per heavy atom. The van der Waals surface area contributed by atoms with E-state index in [1.807, 2.05) is 5.51 Å². The van der Waals surface area contributed by atoms with Crippen molar-refractivity contribution in [3.63, 3.8) is 0 Å². The van der Waals surface area contributed by atoms with E-state index in [1.165, 1.54) is 18.4 Å². The first-order valence-corrected chi connectivity index (χ1v) is 7.60. The van der Waals surface area contributed by atoms with Crippen molar-refractivity contribution in [2.24, 2.45) is 0 Å². The first-order chi connectivity index (χ1) is 9.31. The van der Waals surface area contributed by atoms with Crippen molar-refractivity contribution >= 4 is 11.3 Å². The summed E-state index contributed by atoms with van der Waals surface area (Å²) >= 11 is 1.64. The molecule has 0 aliphatic heterocycles. The fourth-order valence-corrected chi connectivity index (χ4v) is 2.68. The molecule has 0 unspecified atom stereocenters. The lowest BCUT2D eigenvalue weighted by Gasteiger charge is -2.15. The molecule has 4 nitrogen and oxygen atoms in total. The third-order valence-electron chi connectivity index (χ3n) is 3.32. The summed E-state index contributed by atoms with van der Waals surface area (Å²) in [4.78, 5) is 6.58. The SMILES string of the molecule is CN(Cc1cscn1)Cc1ccoc1CNC1CC1. The van der Waals surface area contributed by atoms with Gasteiger partial charge in [-0.15, -0.1) is 11.3 Å². The Bertz CT molecular complexity index is 505. The van der Waals surface area contributed by atoms with Crippen LogP contribution in [0.3, 0.4) is 0 Å². The highest BCUT2D eigenvalue weighted by atomic mass is 32.1. The molecule has 102 valence electrons. The Morgan fingerprint density at radius 1 is 1.47 bits per heavy atom. The molecule has 0 amide bonds. The van der Waals surface area contributed by atoms with Crippen molar-refractivity contribution in [1.82, 2.24) is 15.2 Å². The maximum atomic E-state index is 5.58. The lowest BCUT2D eigenvalue weighted by atomic mass is 10.2. The summed E-state index contributed by atoms with van der Waals surface area (Å²) in [5, 5.41) is 5.59. The van der Waals surface area contributed by atoms with Crippen LogP contribution < -0.4 is 5.32 Å². The summed E-state index contributed by atoms with van der Waals surface area (Å²) in [7, 11) is 2.12. The minimum Gasteiger partial charge on any atom is -0.468 e. The first kappa shape index (κ1) is 12.8. The summed E-state index contributed by atoms with van der Waals surface area (Å²) in [5.41, 5.74) is 4.28. The van der Waals surface area contributed by atoms with Crippen molar-refractivity contribution in [2.75, 3.05) is 7.05 Å². The van der Waals surface area contributed by atoms with Gasteiger partial charge in [0.05, 0.1) is 24.0 Å². The van der Waals surface area contributed by atoms with Crippen molar-refractivity contribution in [1.29, 1.82) is 0 Å². The van der Waals surface area contributed by atoms with Crippen LogP contribution in [-0.2, 0) is 19.6 Å². The molecule has 2 aromatic rings. The van der Waals surface area contributed by atoms with Crippen molar-refractivity contribution < 1.29 is 4.42 Å². The largest absolute Gasteiger partial charge is 0.468 e. The molecule has 1 fully saturated rings. The van der Waals surface area contributed by atoms with Crippen molar-refractivity contribution in [3.05, 3.63) is 40.2 Å². The fourth-order valence-electron chi connectivity index (χ4n) is 2.13. The van der Waals surface area contributed by atoms with E-state index in [0.29, 0.717) is 6.04 Å². The van der Waals surface area contributed by atoms with E-state index in [2.05, 4.69) is 33.7 Å². The van der Waals surface area contributed by atoms with Gasteiger partial charge in [0, 0.05) is 30.1 Å². The van der Waals surface area contributed by atoms with Crippen LogP contribution in [0.5, 0.6) is 0 Å². The van der Waals surface area contributed by atoms with Gasteiger partial charge in [-0.05, 0) is 26.0 Å². The van der Waals surface area contributed by atoms with E-state index >= 15 is 0 Å². The minimum absolute atomic E-state index is 0.714. The molecule has 1 N–H and O–H groups in total. The maximum Gasteiger partial charge on any atom is 0.122 e. The Labute approximate surface area is 117 Å². The van der Waals surface area contributed by atoms with Gasteiger partial charge in [0.1, 0.15) is 5.76 Å². The van der Waals surface area contributed by atoms with Gasteiger partial charge in [-0.3, -0.25) is 4.90 Å². The lowest BCUT2D eigenvalue weighted by Crippen LogP contribution is -2.20. The third-order valence-corrected chi connectivity index (χ3v) is 3.96. The van der Waals surface area contributed by atoms with E-state index < -0.39 is 0 Å². The van der Waals surface area contributed by atoms with Crippen LogP contribution in [-0.4, -0.2) is 23.0 Å². The summed E-state index contributed by atoms with van der Waals surface area (Å²) in [6, 6.07) is 2.78. The van der Waals surface area contributed by atoms with Crippen LogP contribution >= 0.6 is 11.3 Å². The fraction of sp³-hybridized carbons (Fsp3) is 0.500. The van der Waals surface area contributed by atoms with Crippen LogP contribution in [0.25, 0.3) is 0 Å². The second kappa shape index (κ2) is 5.86. The second-order valence-corrected chi connectivity index (χ2v) is 5.89. The number of nitrogens with zero attached hydrogens (tertiary/aromatic N) is 2. The van der Waals surface area contributed by atoms with Crippen LogP contribution in [0.1, 0.15) is 29.9 Å². The van der Waals surface area contributed by atoms with Gasteiger partial charge in [-0.1, -0.05) is 0 Å². The molecule has 19 heavy (non-hydrogen) atoms. The normalized spacial score (nSPS) is 15.3. The predicted molar refractivity (Wildman–Crippen MR) is 75.9 cm³/mol. The third kappa shape index (κ3) is 3.65. The van der Waals surface area contributed by atoms with E-state index in [0.717, 1.165) is 31.1 Å². The molecular formula is C14H19N3OS. The molecule has 0 aromatic carbocycles. The molecule has 3 rings (SSSR count). The van der Waals surface area contributed by atoms with Gasteiger partial charge in [0.25, 0.3) is 0 Å². The molecule has 5 heteroatoms. The predicted octanol–water partition coefficient (Wildman–Crippen LogP) is 2.62. The summed E-state index contributed by atoms with van der Waals surface area (Å²) in [6.45, 7) is 2.62. The van der Waals surface area contributed by atoms with Gasteiger partial charge in [-0.25, -0.2) is 4.98 Å². The minimum atomic E-state index is 0.714. The molecule has 0 saturated heterocycles. The second-order valence-electron chi connectivity index (χ2n) is 5.18. The summed E-state index contributed by atoms with van der Waals surface area (Å²) in [6.07, 6.45) is 4.40. The topological polar surface area (TPSA) is 41.3 Å². The monoisotopic (exact) mass is 277 g/mol. The number of thiazole rings is 1. The van der Waals surface area contributed by atoms with Crippen LogP contribution in [0, 0.1) is 0 Å². The number of furan rings is 1. The molecule has 1 aliphatic carbocycles. The standard InChI is InChI=1S/C14H19N3OS/c1-17(8-13-9-19-10-16-13)7-11-4-5-18-14(11)6-15-12-2-3-12/h4-5,9-10,12,15H,2-3,6-8H2,1H3. The highest BCUT2D eigenvalue weighted by Crippen LogP contribution is 2.21. The Kier molecular flexibility index (Phi) is 3.96. The molecule has 1 aliphatic rings. The zero-order chi connectivity index (χ0) is 13.1. The van der Waals surface area contributed by atoms with Gasteiger partial charge in [0.2, 0.25) is 0 Å². The highest BCUT2D eigenvalue weighted by Gasteiger charge is 2.21. The van der Waals surface area contributed by atoms with E-state index in [1.54, 1.807) is 17.6 Å². The maximum absolute atomic E-state index is 5.58. The highest BCUT2D eigenvalue weighted by molar-refractivity contribution is 7.07. The first-order valence-electron chi connectivity index (χ1n) is 6.65. The molecule has 1 saturated carbocycles. The molecule has 2 aromatic heterocycles. The summed E-state index contributed by atoms with van der Waals surface area (Å²) in [5.74, 6) is 1.07. The Balaban J connectivity index is 1.54. The number of nitrogens with one attached hydrogen (secondary N) is 1. The average Bonchev–Trinajstić information content (AvgIpc) is 2.89. The zero-order valence-corrected chi connectivity index (χ0v) is 11.9. The Morgan fingerprint density at radius 3 is 3.11 bits per heavy atom. The molecule has 2 heterocycles. The van der Waals surface area contributed by atoms with Gasteiger partial charge >= 0.3 is 0 Å². The molecule has 0 bridgehead atoms. The number of aromatic nitrogens is 1. The number of hydrogen-bond acceptors (Lipinski definition) is 5. The van der Waals surface area contributed by atoms with E-state index in [4.69, 9.17) is 4.42 Å². The van der Waals surface area contributed by atoms with Gasteiger partial charge in [0.15, 0.2) is 0 Å². The molecular weight excluding hydrogens is 258 g/mol. The van der Waals surface area contributed by atoms with E-state index in [-0.39, 0.29) is 0 Å². The number of hydrogen-bond donors (Lipinski definition) is 1. The molecule has 0 spiro atoms. The summed E-state index contributed by atoms with van der Waals surface area (Å²) < 4.78 is 5.58. The van der Waals surface area contributed by atoms with Gasteiger partial charge in [-0.2, -0.15) is 0 Å². The van der Waals surface area contributed by atoms with Gasteiger partial charge < -0.3 is 9.73 Å². The van der Waals surface area contributed by atoms with Crippen molar-refractivity contribution in [3.8, 4) is 0 Å². The average molecular weight is 277 g/mol. The van der Waals surface area contributed by atoms with E-state index in [9.17, 15) is 0 Å². The zero-order valence-electron chi connectivity index (χ0n) is 11.1. The number of rotatable bonds is 7. The lowest BCUT2D eigenvalue weighted by molar-refractivity contribution is 0.311. The molecule has 0 radical (unpaired) electrons. The molecule has 0 atom stereocenters.